The molecule has 0 heterocycles. The molecule has 0 saturated heterocycles. The summed E-state index contributed by atoms with van der Waals surface area (Å²) in [5.41, 5.74) is 1.11. The first-order valence-electron chi connectivity index (χ1n) is 4.57. The van der Waals surface area contributed by atoms with Crippen molar-refractivity contribution in [2.24, 2.45) is 5.92 Å². The first kappa shape index (κ1) is 10.2. The van der Waals surface area contributed by atoms with Gasteiger partial charge in [-0.05, 0) is 39.0 Å². The Morgan fingerprint density at radius 3 is 2.67 bits per heavy atom. The van der Waals surface area contributed by atoms with Gasteiger partial charge in [-0.25, -0.2) is 0 Å². The van der Waals surface area contributed by atoms with Crippen molar-refractivity contribution < 1.29 is 5.11 Å². The van der Waals surface area contributed by atoms with E-state index in [2.05, 4.69) is 22.7 Å². The standard InChI is InChI=1S/C10H19OP/c1-7(2)8-4-5-10(3,11)9(12)6-8/h8-9,11H,1,4-6,12H2,2-3H3/t8-,9+,10+/m0/s1. The quantitative estimate of drug-likeness (QED) is 0.492. The molecule has 0 amide bonds. The topological polar surface area (TPSA) is 20.2 Å². The van der Waals surface area contributed by atoms with Gasteiger partial charge in [0.05, 0.1) is 5.60 Å². The van der Waals surface area contributed by atoms with E-state index in [1.54, 1.807) is 0 Å². The second kappa shape index (κ2) is 3.47. The fraction of sp³-hybridized carbons (Fsp3) is 0.800. The SMILES string of the molecule is C=C(C)[C@H]1CC[C@@](C)(O)[C@H](P)C1. The highest BCUT2D eigenvalue weighted by molar-refractivity contribution is 7.17. The third-order valence-corrected chi connectivity index (χ3v) is 4.02. The van der Waals surface area contributed by atoms with E-state index in [4.69, 9.17) is 0 Å². The molecule has 0 aliphatic heterocycles. The fourth-order valence-electron chi connectivity index (χ4n) is 1.78. The maximum Gasteiger partial charge on any atom is 0.0682 e. The number of aliphatic hydroxyl groups is 1. The van der Waals surface area contributed by atoms with Crippen LogP contribution in [0.25, 0.3) is 0 Å². The van der Waals surface area contributed by atoms with Crippen LogP contribution in [0.4, 0.5) is 0 Å². The van der Waals surface area contributed by atoms with E-state index in [0.29, 0.717) is 11.6 Å². The average molecular weight is 186 g/mol. The first-order valence-corrected chi connectivity index (χ1v) is 5.23. The lowest BCUT2D eigenvalue weighted by Crippen LogP contribution is -2.40. The van der Waals surface area contributed by atoms with Crippen molar-refractivity contribution in [2.75, 3.05) is 0 Å². The van der Waals surface area contributed by atoms with Gasteiger partial charge in [-0.3, -0.25) is 0 Å². The Hall–Kier alpha value is 0.130. The highest BCUT2D eigenvalue weighted by Crippen LogP contribution is 2.38. The van der Waals surface area contributed by atoms with Gasteiger partial charge in [-0.15, -0.1) is 9.24 Å². The maximum absolute atomic E-state index is 9.89. The predicted octanol–water partition coefficient (Wildman–Crippen LogP) is 2.36. The van der Waals surface area contributed by atoms with Crippen molar-refractivity contribution in [2.45, 2.75) is 44.4 Å². The molecule has 12 heavy (non-hydrogen) atoms. The zero-order valence-corrected chi connectivity index (χ0v) is 9.16. The summed E-state index contributed by atoms with van der Waals surface area (Å²) in [6.07, 6.45) is 3.05. The van der Waals surface area contributed by atoms with Crippen molar-refractivity contribution >= 4 is 9.24 Å². The molecular formula is C10H19OP. The Morgan fingerprint density at radius 2 is 2.25 bits per heavy atom. The van der Waals surface area contributed by atoms with Crippen LogP contribution < -0.4 is 0 Å². The summed E-state index contributed by atoms with van der Waals surface area (Å²) >= 11 is 0. The van der Waals surface area contributed by atoms with Gasteiger partial charge < -0.3 is 5.11 Å². The summed E-state index contributed by atoms with van der Waals surface area (Å²) in [6, 6.07) is 0. The van der Waals surface area contributed by atoms with Gasteiger partial charge in [0.25, 0.3) is 0 Å². The molecule has 1 nitrogen and oxygen atoms in total. The molecule has 0 aromatic rings. The van der Waals surface area contributed by atoms with Gasteiger partial charge in [0.1, 0.15) is 0 Å². The smallest absolute Gasteiger partial charge is 0.0682 e. The lowest BCUT2D eigenvalue weighted by atomic mass is 9.77. The van der Waals surface area contributed by atoms with Crippen LogP contribution >= 0.6 is 9.24 Å². The van der Waals surface area contributed by atoms with E-state index in [-0.39, 0.29) is 0 Å². The fourth-order valence-corrected chi connectivity index (χ4v) is 2.27. The second-order valence-electron chi connectivity index (χ2n) is 4.28. The molecule has 0 spiro atoms. The molecule has 1 rings (SSSR count). The molecule has 0 aromatic carbocycles. The van der Waals surface area contributed by atoms with Crippen LogP contribution in [0.15, 0.2) is 12.2 Å². The Balaban J connectivity index is 2.58. The lowest BCUT2D eigenvalue weighted by Gasteiger charge is -2.39. The van der Waals surface area contributed by atoms with Gasteiger partial charge in [0.15, 0.2) is 0 Å². The van der Waals surface area contributed by atoms with Gasteiger partial charge in [0.2, 0.25) is 0 Å². The van der Waals surface area contributed by atoms with Gasteiger partial charge in [0, 0.05) is 5.66 Å². The number of allylic oxidation sites excluding steroid dienone is 1. The van der Waals surface area contributed by atoms with E-state index in [1.807, 2.05) is 6.92 Å². The molecular weight excluding hydrogens is 167 g/mol. The van der Waals surface area contributed by atoms with Crippen LogP contribution in [0.3, 0.4) is 0 Å². The first-order chi connectivity index (χ1) is 5.43. The molecule has 1 aliphatic rings. The summed E-state index contributed by atoms with van der Waals surface area (Å²) in [6.45, 7) is 7.99. The molecule has 1 N–H and O–H groups in total. The van der Waals surface area contributed by atoms with Crippen LogP contribution in [0.2, 0.25) is 0 Å². The molecule has 2 heteroatoms. The monoisotopic (exact) mass is 186 g/mol. The molecule has 0 radical (unpaired) electrons. The molecule has 1 fully saturated rings. The maximum atomic E-state index is 9.89. The Kier molecular flexibility index (Phi) is 2.96. The van der Waals surface area contributed by atoms with Crippen LogP contribution in [0.5, 0.6) is 0 Å². The largest absolute Gasteiger partial charge is 0.390 e. The third-order valence-electron chi connectivity index (χ3n) is 3.03. The molecule has 0 bridgehead atoms. The minimum absolute atomic E-state index is 0.327. The zero-order valence-electron chi connectivity index (χ0n) is 8.01. The third kappa shape index (κ3) is 2.08. The molecule has 1 saturated carbocycles. The van der Waals surface area contributed by atoms with Crippen LogP contribution in [0.1, 0.15) is 33.1 Å². The van der Waals surface area contributed by atoms with Crippen molar-refractivity contribution in [3.8, 4) is 0 Å². The molecule has 1 unspecified atom stereocenters. The zero-order chi connectivity index (χ0) is 9.35. The van der Waals surface area contributed by atoms with E-state index < -0.39 is 5.60 Å². The Labute approximate surface area is 77.5 Å². The molecule has 70 valence electrons. The van der Waals surface area contributed by atoms with Crippen molar-refractivity contribution in [1.29, 1.82) is 0 Å². The Bertz CT molecular complexity index is 186. The summed E-state index contributed by atoms with van der Waals surface area (Å²) in [4.78, 5) is 0. The van der Waals surface area contributed by atoms with Crippen LogP contribution in [-0.2, 0) is 0 Å². The van der Waals surface area contributed by atoms with Crippen molar-refractivity contribution in [3.63, 3.8) is 0 Å². The Morgan fingerprint density at radius 1 is 1.67 bits per heavy atom. The van der Waals surface area contributed by atoms with Crippen LogP contribution in [-0.4, -0.2) is 16.4 Å². The van der Waals surface area contributed by atoms with E-state index >= 15 is 0 Å². The summed E-state index contributed by atoms with van der Waals surface area (Å²) in [7, 11) is 2.75. The number of rotatable bonds is 1. The minimum atomic E-state index is -0.476. The van der Waals surface area contributed by atoms with Gasteiger partial charge in [-0.2, -0.15) is 0 Å². The highest BCUT2D eigenvalue weighted by Gasteiger charge is 2.35. The number of hydrogen-bond acceptors (Lipinski definition) is 1. The van der Waals surface area contributed by atoms with E-state index in [0.717, 1.165) is 19.3 Å². The molecule has 1 aliphatic carbocycles. The van der Waals surface area contributed by atoms with Gasteiger partial charge in [-0.1, -0.05) is 12.2 Å². The highest BCUT2D eigenvalue weighted by atomic mass is 31.0. The van der Waals surface area contributed by atoms with Crippen LogP contribution in [0, 0.1) is 5.92 Å². The normalized spacial score (nSPS) is 42.7. The van der Waals surface area contributed by atoms with Crippen molar-refractivity contribution in [3.05, 3.63) is 12.2 Å². The van der Waals surface area contributed by atoms with Crippen molar-refractivity contribution in [1.82, 2.24) is 0 Å². The average Bonchev–Trinajstić information content (AvgIpc) is 1.94. The van der Waals surface area contributed by atoms with E-state index in [1.165, 1.54) is 5.57 Å². The predicted molar refractivity (Wildman–Crippen MR) is 56.3 cm³/mol. The summed E-state index contributed by atoms with van der Waals surface area (Å²) in [5.74, 6) is 0.618. The second-order valence-corrected chi connectivity index (χ2v) is 5.09. The summed E-state index contributed by atoms with van der Waals surface area (Å²) in [5, 5.41) is 9.89. The van der Waals surface area contributed by atoms with Gasteiger partial charge >= 0.3 is 0 Å². The minimum Gasteiger partial charge on any atom is -0.390 e. The van der Waals surface area contributed by atoms with E-state index in [9.17, 15) is 5.11 Å². The number of hydrogen-bond donors (Lipinski definition) is 1. The lowest BCUT2D eigenvalue weighted by molar-refractivity contribution is 0.0191. The summed E-state index contributed by atoms with van der Waals surface area (Å²) < 4.78 is 0. The molecule has 0 aromatic heterocycles. The molecule has 4 atom stereocenters.